The molecule has 2 aromatic carbocycles. The highest BCUT2D eigenvalue weighted by Gasteiger charge is 2.33. The van der Waals surface area contributed by atoms with Crippen LogP contribution in [0.5, 0.6) is 11.5 Å². The number of hydrogen-bond donors (Lipinski definition) is 1. The summed E-state index contributed by atoms with van der Waals surface area (Å²) in [5.41, 5.74) is 3.62. The molecule has 0 spiro atoms. The van der Waals surface area contributed by atoms with Gasteiger partial charge in [0.1, 0.15) is 24.2 Å². The fourth-order valence-electron chi connectivity index (χ4n) is 7.25. The normalized spacial score (nSPS) is 24.4. The van der Waals surface area contributed by atoms with Crippen LogP contribution in [0.1, 0.15) is 68.4 Å². The van der Waals surface area contributed by atoms with E-state index in [0.717, 1.165) is 88.6 Å². The number of benzene rings is 2. The predicted molar refractivity (Wildman–Crippen MR) is 168 cm³/mol. The van der Waals surface area contributed by atoms with Crippen LogP contribution in [-0.2, 0) is 20.9 Å². The Morgan fingerprint density at radius 1 is 1.02 bits per heavy atom. The lowest BCUT2D eigenvalue weighted by Crippen LogP contribution is -2.41. The molecule has 1 aliphatic carbocycles. The van der Waals surface area contributed by atoms with E-state index in [4.69, 9.17) is 18.9 Å². The summed E-state index contributed by atoms with van der Waals surface area (Å²) >= 11 is 0. The molecule has 0 aromatic heterocycles. The van der Waals surface area contributed by atoms with Crippen LogP contribution in [0.3, 0.4) is 0 Å². The number of carbonyl (C=O) groups is 1. The van der Waals surface area contributed by atoms with Gasteiger partial charge in [0.2, 0.25) is 5.91 Å². The van der Waals surface area contributed by atoms with Gasteiger partial charge in [-0.1, -0.05) is 37.5 Å². The molecule has 4 aliphatic rings. The highest BCUT2D eigenvalue weighted by molar-refractivity contribution is 5.79. The number of likely N-dealkylation sites (tertiary alicyclic amines) is 1. The van der Waals surface area contributed by atoms with Crippen molar-refractivity contribution in [3.05, 3.63) is 53.6 Å². The second-order valence-electron chi connectivity index (χ2n) is 12.6. The van der Waals surface area contributed by atoms with Crippen molar-refractivity contribution < 1.29 is 23.7 Å². The van der Waals surface area contributed by atoms with Gasteiger partial charge in [0, 0.05) is 51.6 Å². The summed E-state index contributed by atoms with van der Waals surface area (Å²) in [5, 5.41) is 3.53. The molecule has 8 nitrogen and oxygen atoms in total. The second-order valence-corrected chi connectivity index (χ2v) is 12.6. The van der Waals surface area contributed by atoms with Crippen molar-refractivity contribution in [1.29, 1.82) is 0 Å². The fraction of sp³-hybridized carbons (Fsp3) is 0.629. The van der Waals surface area contributed by atoms with Crippen LogP contribution in [0.25, 0.3) is 0 Å². The van der Waals surface area contributed by atoms with E-state index in [1.54, 1.807) is 7.11 Å². The number of nitrogens with zero attached hydrogens (tertiary/aromatic N) is 2. The summed E-state index contributed by atoms with van der Waals surface area (Å²) in [7, 11) is 1.75. The lowest BCUT2D eigenvalue weighted by Gasteiger charge is -2.33. The first kappa shape index (κ1) is 30.2. The number of methoxy groups -OCH3 is 1. The van der Waals surface area contributed by atoms with Crippen molar-refractivity contribution in [2.45, 2.75) is 76.1 Å². The van der Waals surface area contributed by atoms with Crippen LogP contribution in [-0.4, -0.2) is 82.6 Å². The van der Waals surface area contributed by atoms with Crippen molar-refractivity contribution in [2.75, 3.05) is 64.5 Å². The Morgan fingerprint density at radius 2 is 1.88 bits per heavy atom. The zero-order valence-electron chi connectivity index (χ0n) is 25.8. The number of amides is 1. The van der Waals surface area contributed by atoms with E-state index in [1.165, 1.54) is 30.4 Å². The Hall–Kier alpha value is -2.81. The third kappa shape index (κ3) is 7.65. The molecule has 3 aliphatic heterocycles. The monoisotopic (exact) mass is 591 g/mol. The fourth-order valence-corrected chi connectivity index (χ4v) is 7.25. The summed E-state index contributed by atoms with van der Waals surface area (Å²) in [6.45, 7) is 7.26. The van der Waals surface area contributed by atoms with Gasteiger partial charge in [0.25, 0.3) is 0 Å². The largest absolute Gasteiger partial charge is 0.490 e. The molecule has 3 fully saturated rings. The summed E-state index contributed by atoms with van der Waals surface area (Å²) in [6, 6.07) is 15.0. The Morgan fingerprint density at radius 3 is 2.72 bits per heavy atom. The third-order valence-electron chi connectivity index (χ3n) is 9.67. The Bertz CT molecular complexity index is 1180. The molecule has 6 rings (SSSR count). The van der Waals surface area contributed by atoms with Gasteiger partial charge >= 0.3 is 0 Å². The van der Waals surface area contributed by atoms with Gasteiger partial charge < -0.3 is 34.1 Å². The number of hydrogen-bond acceptors (Lipinski definition) is 7. The van der Waals surface area contributed by atoms with Gasteiger partial charge in [-0.15, -0.1) is 0 Å². The second kappa shape index (κ2) is 14.8. The van der Waals surface area contributed by atoms with Crippen LogP contribution in [0.4, 0.5) is 5.69 Å². The topological polar surface area (TPSA) is 72.5 Å². The van der Waals surface area contributed by atoms with E-state index in [2.05, 4.69) is 52.7 Å². The molecule has 1 saturated carbocycles. The summed E-state index contributed by atoms with van der Waals surface area (Å²) < 4.78 is 24.1. The zero-order valence-corrected chi connectivity index (χ0v) is 25.8. The Kier molecular flexibility index (Phi) is 10.4. The smallest absolute Gasteiger partial charge is 0.225 e. The number of piperidine rings is 1. The number of fused-ring (bicyclic) bond motifs is 1. The highest BCUT2D eigenvalue weighted by Crippen LogP contribution is 2.35. The molecular formula is C35H49N3O5. The van der Waals surface area contributed by atoms with Gasteiger partial charge in [-0.3, -0.25) is 4.79 Å². The maximum atomic E-state index is 13.0. The van der Waals surface area contributed by atoms with E-state index in [-0.39, 0.29) is 18.1 Å². The molecule has 8 heteroatoms. The lowest BCUT2D eigenvalue weighted by atomic mass is 9.87. The average molecular weight is 592 g/mol. The zero-order chi connectivity index (χ0) is 29.4. The maximum Gasteiger partial charge on any atom is 0.225 e. The standard InChI is InChI=1S/C35H49N3O5/c1-40-20-5-17-37-19-21-41-33-13-8-26(22-32(33)37)25-42-34-23-36-16-14-31(34)27-9-11-29(12-10-27)43-30-15-18-38(24-30)35(39)28-6-3-2-4-7-28/h8-13,22,28,30-31,34,36H,2-7,14-21,23-25H2,1H3. The van der Waals surface area contributed by atoms with Crippen LogP contribution in [0.15, 0.2) is 42.5 Å². The Labute approximate surface area is 257 Å². The van der Waals surface area contributed by atoms with Gasteiger partial charge in [-0.2, -0.15) is 0 Å². The van der Waals surface area contributed by atoms with E-state index in [9.17, 15) is 4.79 Å². The number of ether oxygens (including phenoxy) is 4. The molecule has 0 radical (unpaired) electrons. The van der Waals surface area contributed by atoms with Crippen molar-refractivity contribution in [3.8, 4) is 11.5 Å². The first-order valence-electron chi connectivity index (χ1n) is 16.6. The average Bonchev–Trinajstić information content (AvgIpc) is 3.53. The summed E-state index contributed by atoms with van der Waals surface area (Å²) in [6.07, 6.45) is 8.88. The van der Waals surface area contributed by atoms with Crippen molar-refractivity contribution in [2.24, 2.45) is 5.92 Å². The van der Waals surface area contributed by atoms with E-state index in [1.807, 2.05) is 4.90 Å². The van der Waals surface area contributed by atoms with E-state index < -0.39 is 0 Å². The number of nitrogens with one attached hydrogen (secondary N) is 1. The molecule has 2 saturated heterocycles. The van der Waals surface area contributed by atoms with Crippen LogP contribution < -0.4 is 19.7 Å². The van der Waals surface area contributed by atoms with Gasteiger partial charge in [0.05, 0.1) is 31.5 Å². The van der Waals surface area contributed by atoms with Gasteiger partial charge in [-0.25, -0.2) is 0 Å². The number of carbonyl (C=O) groups excluding carboxylic acids is 1. The molecule has 3 unspecified atom stereocenters. The first-order chi connectivity index (χ1) is 21.2. The summed E-state index contributed by atoms with van der Waals surface area (Å²) in [5.74, 6) is 2.75. The van der Waals surface area contributed by atoms with Crippen LogP contribution >= 0.6 is 0 Å². The minimum atomic E-state index is 0.0753. The van der Waals surface area contributed by atoms with E-state index in [0.29, 0.717) is 31.6 Å². The maximum absolute atomic E-state index is 13.0. The predicted octanol–water partition coefficient (Wildman–Crippen LogP) is 5.14. The summed E-state index contributed by atoms with van der Waals surface area (Å²) in [4.78, 5) is 17.4. The highest BCUT2D eigenvalue weighted by atomic mass is 16.5. The molecule has 1 N–H and O–H groups in total. The molecule has 0 bridgehead atoms. The SMILES string of the molecule is COCCCN1CCOc2ccc(COC3CNCCC3c3ccc(OC4CCN(C(=O)C5CCCCC5)C4)cc3)cc21. The quantitative estimate of drug-likeness (QED) is 0.363. The molecule has 3 heterocycles. The van der Waals surface area contributed by atoms with Crippen molar-refractivity contribution in [1.82, 2.24) is 10.2 Å². The molecule has 43 heavy (non-hydrogen) atoms. The minimum Gasteiger partial charge on any atom is -0.490 e. The van der Waals surface area contributed by atoms with Crippen LogP contribution in [0.2, 0.25) is 0 Å². The first-order valence-corrected chi connectivity index (χ1v) is 16.6. The van der Waals surface area contributed by atoms with Gasteiger partial charge in [-0.05, 0) is 67.6 Å². The molecule has 3 atom stereocenters. The van der Waals surface area contributed by atoms with Crippen molar-refractivity contribution >= 4 is 11.6 Å². The van der Waals surface area contributed by atoms with Crippen LogP contribution in [0, 0.1) is 5.92 Å². The molecule has 1 amide bonds. The van der Waals surface area contributed by atoms with E-state index >= 15 is 0 Å². The molecular weight excluding hydrogens is 542 g/mol. The minimum absolute atomic E-state index is 0.0753. The lowest BCUT2D eigenvalue weighted by molar-refractivity contribution is -0.135. The van der Waals surface area contributed by atoms with Crippen molar-refractivity contribution in [3.63, 3.8) is 0 Å². The van der Waals surface area contributed by atoms with Gasteiger partial charge in [0.15, 0.2) is 0 Å². The molecule has 2 aromatic rings. The Balaban J connectivity index is 1.02. The number of anilines is 1. The number of rotatable bonds is 11. The molecule has 234 valence electrons. The third-order valence-corrected chi connectivity index (χ3v) is 9.67.